The van der Waals surface area contributed by atoms with Crippen molar-refractivity contribution in [3.8, 4) is 6.07 Å². The van der Waals surface area contributed by atoms with Crippen LogP contribution >= 0.6 is 0 Å². The average Bonchev–Trinajstić information content (AvgIpc) is 2.85. The first kappa shape index (κ1) is 28.5. The van der Waals surface area contributed by atoms with Crippen LogP contribution in [0.4, 0.5) is 14.9 Å². The van der Waals surface area contributed by atoms with E-state index < -0.39 is 49.5 Å². The van der Waals surface area contributed by atoms with E-state index in [-0.39, 0.29) is 40.3 Å². The number of rotatable bonds is 8. The molecule has 0 aliphatic carbocycles. The number of nitriles is 1. The number of benzene rings is 2. The summed E-state index contributed by atoms with van der Waals surface area (Å²) in [6, 6.07) is 8.05. The van der Waals surface area contributed by atoms with Crippen molar-refractivity contribution < 1.29 is 35.6 Å². The highest BCUT2D eigenvalue weighted by Crippen LogP contribution is 2.43. The lowest BCUT2D eigenvalue weighted by molar-refractivity contribution is -0.138. The molecule has 0 aromatic heterocycles. The fourth-order valence-electron chi connectivity index (χ4n) is 4.11. The minimum atomic E-state index is -4.47. The summed E-state index contributed by atoms with van der Waals surface area (Å²) in [5.41, 5.74) is -0.410. The second kappa shape index (κ2) is 10.8. The Morgan fingerprint density at radius 2 is 1.87 bits per heavy atom. The van der Waals surface area contributed by atoms with Crippen LogP contribution in [0.1, 0.15) is 29.7 Å². The molecule has 2 aromatic rings. The highest BCUT2D eigenvalue weighted by Gasteiger charge is 2.48. The molecule has 2 aromatic carbocycles. The smallest absolute Gasteiger partial charge is 0.343 e. The van der Waals surface area contributed by atoms with Gasteiger partial charge >= 0.3 is 12.0 Å². The second-order valence-corrected chi connectivity index (χ2v) is 12.2. The van der Waals surface area contributed by atoms with E-state index in [0.29, 0.717) is 4.31 Å². The zero-order valence-electron chi connectivity index (χ0n) is 20.7. The Bertz CT molecular complexity index is 1610. The molecule has 1 aliphatic heterocycles. The first-order valence-corrected chi connectivity index (χ1v) is 14.7. The molecule has 0 N–H and O–H groups in total. The molecule has 0 spiro atoms. The Balaban J connectivity index is 2.47. The van der Waals surface area contributed by atoms with Crippen molar-refractivity contribution in [2.45, 2.75) is 24.5 Å². The van der Waals surface area contributed by atoms with Crippen molar-refractivity contribution in [1.82, 2.24) is 4.31 Å². The molecule has 0 saturated heterocycles. The number of sulfonamides is 1. The molecule has 1 heterocycles. The lowest BCUT2D eigenvalue weighted by atomic mass is 9.93. The topological polar surface area (TPSA) is 142 Å². The van der Waals surface area contributed by atoms with Gasteiger partial charge in [-0.05, 0) is 42.3 Å². The Labute approximate surface area is 220 Å². The van der Waals surface area contributed by atoms with Crippen LogP contribution < -0.4 is 4.90 Å². The van der Waals surface area contributed by atoms with Crippen LogP contribution in [0.3, 0.4) is 0 Å². The van der Waals surface area contributed by atoms with Crippen LogP contribution in [0.5, 0.6) is 0 Å². The maximum Gasteiger partial charge on any atom is 0.343 e. The Hall–Kier alpha value is -4.02. The summed E-state index contributed by atoms with van der Waals surface area (Å²) in [5.74, 6) is -1.04. The Morgan fingerprint density at radius 1 is 1.18 bits per heavy atom. The summed E-state index contributed by atoms with van der Waals surface area (Å²) in [7, 11) is -8.56. The van der Waals surface area contributed by atoms with Crippen LogP contribution in [0.2, 0.25) is 0 Å². The first-order valence-electron chi connectivity index (χ1n) is 11.0. The molecule has 1 atom stereocenters. The fourth-order valence-corrected chi connectivity index (χ4v) is 6.02. The van der Waals surface area contributed by atoms with Gasteiger partial charge < -0.3 is 4.74 Å². The third-order valence-corrected chi connectivity index (χ3v) is 7.92. The molecule has 2 amide bonds. The van der Waals surface area contributed by atoms with E-state index in [4.69, 9.17) is 4.74 Å². The number of anilines is 1. The Kier molecular flexibility index (Phi) is 8.09. The number of esters is 1. The quantitative estimate of drug-likeness (QED) is 0.353. The normalized spacial score (nSPS) is 16.3. The van der Waals surface area contributed by atoms with Gasteiger partial charge in [-0.2, -0.15) is 5.26 Å². The number of amides is 2. The average molecular weight is 562 g/mol. The number of hydrogen-bond acceptors (Lipinski definition) is 8. The fraction of sp³-hybridized carbons (Fsp3) is 0.240. The minimum Gasteiger partial charge on any atom is -0.458 e. The Morgan fingerprint density at radius 3 is 2.42 bits per heavy atom. The molecular weight excluding hydrogens is 537 g/mol. The molecule has 0 radical (unpaired) electrons. The van der Waals surface area contributed by atoms with Gasteiger partial charge in [0.1, 0.15) is 19.3 Å². The van der Waals surface area contributed by atoms with Crippen LogP contribution in [-0.4, -0.2) is 52.3 Å². The summed E-state index contributed by atoms with van der Waals surface area (Å²) in [4.78, 5) is 27.6. The number of hydrogen-bond donors (Lipinski definition) is 0. The van der Waals surface area contributed by atoms with E-state index in [0.717, 1.165) is 23.5 Å². The second-order valence-electron chi connectivity index (χ2n) is 8.41. The summed E-state index contributed by atoms with van der Waals surface area (Å²) in [6.45, 7) is 3.71. The number of allylic oxidation sites excluding steroid dienone is 1. The summed E-state index contributed by atoms with van der Waals surface area (Å²) in [5, 5.41) is 9.30. The number of urea groups is 1. The van der Waals surface area contributed by atoms with Gasteiger partial charge in [-0.1, -0.05) is 30.9 Å². The van der Waals surface area contributed by atoms with Crippen LogP contribution in [0, 0.1) is 11.3 Å². The van der Waals surface area contributed by atoms with Crippen LogP contribution in [0.15, 0.2) is 71.3 Å². The third-order valence-electron chi connectivity index (χ3n) is 5.68. The zero-order valence-corrected chi connectivity index (χ0v) is 22.3. The van der Waals surface area contributed by atoms with Gasteiger partial charge in [0.15, 0.2) is 9.84 Å². The number of alkyl halides is 1. The lowest BCUT2D eigenvalue weighted by Gasteiger charge is -2.41. The highest BCUT2D eigenvalue weighted by molar-refractivity contribution is 7.90. The highest BCUT2D eigenvalue weighted by atomic mass is 32.2. The van der Waals surface area contributed by atoms with Gasteiger partial charge in [0.2, 0.25) is 10.0 Å². The molecule has 0 fully saturated rings. The molecule has 13 heteroatoms. The number of carbonyl (C=O) groups is 2. The van der Waals surface area contributed by atoms with Crippen molar-refractivity contribution in [2.75, 3.05) is 24.0 Å². The predicted molar refractivity (Wildman–Crippen MR) is 137 cm³/mol. The van der Waals surface area contributed by atoms with Crippen LogP contribution in [-0.2, 0) is 36.1 Å². The largest absolute Gasteiger partial charge is 0.458 e. The summed E-state index contributed by atoms with van der Waals surface area (Å²) in [6.07, 6.45) is 2.85. The monoisotopic (exact) mass is 561 g/mol. The van der Waals surface area contributed by atoms with Crippen molar-refractivity contribution in [1.29, 1.82) is 5.26 Å². The van der Waals surface area contributed by atoms with Crippen molar-refractivity contribution in [3.63, 3.8) is 0 Å². The van der Waals surface area contributed by atoms with E-state index in [1.54, 1.807) is 0 Å². The molecule has 0 saturated carbocycles. The molecule has 10 nitrogen and oxygen atoms in total. The van der Waals surface area contributed by atoms with E-state index in [1.165, 1.54) is 49.4 Å². The van der Waals surface area contributed by atoms with Crippen LogP contribution in [0.25, 0.3) is 0 Å². The molecular formula is C25H24FN3O7S2. The van der Waals surface area contributed by atoms with Gasteiger partial charge in [0, 0.05) is 12.0 Å². The maximum atomic E-state index is 13.8. The van der Waals surface area contributed by atoms with Gasteiger partial charge in [0.05, 0.1) is 34.0 Å². The van der Waals surface area contributed by atoms with E-state index in [9.17, 15) is 36.1 Å². The molecule has 3 rings (SSSR count). The number of halogens is 1. The first-order chi connectivity index (χ1) is 17.8. The third kappa shape index (κ3) is 5.46. The van der Waals surface area contributed by atoms with Crippen molar-refractivity contribution >= 4 is 37.5 Å². The number of carbonyl (C=O) groups excluding carboxylic acids is 2. The van der Waals surface area contributed by atoms with E-state index >= 15 is 0 Å². The summed E-state index contributed by atoms with van der Waals surface area (Å²) < 4.78 is 70.6. The standard InChI is InChI=1S/C25H24FN3O7S2/c1-5-11-36-24(30)22-16(2)28(19-8-6-7-17(12-19)14-26)25(31)29(38(4,34)35)23(22)20-10-9-18(15-27)13-21(20)37(3,32)33/h5-10,12-13,23H,1,11,14H2,2-4H3/t23-/m1/s1. The SMILES string of the molecule is C=CCOC(=O)C1=C(C)N(c2cccc(CF)c2)C(=O)N(S(C)(=O)=O)[C@@H]1c1ccc(C#N)cc1S(C)(=O)=O. The minimum absolute atomic E-state index is 0.0386. The van der Waals surface area contributed by atoms with Gasteiger partial charge in [-0.15, -0.1) is 0 Å². The van der Waals surface area contributed by atoms with Gasteiger partial charge in [-0.3, -0.25) is 4.90 Å². The maximum absolute atomic E-state index is 13.8. The molecule has 38 heavy (non-hydrogen) atoms. The van der Waals surface area contributed by atoms with Crippen molar-refractivity contribution in [2.24, 2.45) is 0 Å². The van der Waals surface area contributed by atoms with Gasteiger partial charge in [0.25, 0.3) is 0 Å². The summed E-state index contributed by atoms with van der Waals surface area (Å²) >= 11 is 0. The lowest BCUT2D eigenvalue weighted by Crippen LogP contribution is -2.53. The predicted octanol–water partition coefficient (Wildman–Crippen LogP) is 3.38. The van der Waals surface area contributed by atoms with Gasteiger partial charge in [-0.25, -0.2) is 35.1 Å². The number of ether oxygens (including phenoxy) is 1. The molecule has 0 bridgehead atoms. The zero-order chi connectivity index (χ0) is 28.4. The van der Waals surface area contributed by atoms with E-state index in [2.05, 4.69) is 6.58 Å². The number of sulfone groups is 1. The van der Waals surface area contributed by atoms with Crippen molar-refractivity contribution in [3.05, 3.63) is 83.1 Å². The molecule has 0 unspecified atom stereocenters. The molecule has 1 aliphatic rings. The number of nitrogens with zero attached hydrogens (tertiary/aromatic N) is 3. The molecule has 200 valence electrons. The van der Waals surface area contributed by atoms with E-state index in [1.807, 2.05) is 6.07 Å².